The third-order valence-electron chi connectivity index (χ3n) is 1.99. The number of nitrogens with one attached hydrogen (secondary N) is 1. The van der Waals surface area contributed by atoms with Gasteiger partial charge in [0.15, 0.2) is 0 Å². The van der Waals surface area contributed by atoms with Gasteiger partial charge < -0.3 is 0 Å². The number of aromatic amines is 1. The summed E-state index contributed by atoms with van der Waals surface area (Å²) in [5.41, 5.74) is 4.08. The van der Waals surface area contributed by atoms with E-state index in [4.69, 9.17) is 0 Å². The SMILES string of the molecule is Cc1n[nH]c(C)c1CC(C)(C)C. The van der Waals surface area contributed by atoms with Crippen LogP contribution >= 0.6 is 0 Å². The summed E-state index contributed by atoms with van der Waals surface area (Å²) in [6.45, 7) is 10.9. The van der Waals surface area contributed by atoms with Crippen LogP contribution in [-0.4, -0.2) is 10.2 Å². The highest BCUT2D eigenvalue weighted by atomic mass is 15.1. The third-order valence-corrected chi connectivity index (χ3v) is 1.99. The Bertz CT molecular complexity index is 246. The fourth-order valence-corrected chi connectivity index (χ4v) is 1.36. The first kappa shape index (κ1) is 9.30. The average molecular weight is 166 g/mol. The van der Waals surface area contributed by atoms with Crippen molar-refractivity contribution in [1.82, 2.24) is 10.2 Å². The monoisotopic (exact) mass is 166 g/mol. The van der Waals surface area contributed by atoms with Gasteiger partial charge in [0.25, 0.3) is 0 Å². The lowest BCUT2D eigenvalue weighted by atomic mass is 9.87. The van der Waals surface area contributed by atoms with Crippen molar-refractivity contribution < 1.29 is 0 Å². The fraction of sp³-hybridized carbons (Fsp3) is 0.700. The normalized spacial score (nSPS) is 12.1. The second-order valence-corrected chi connectivity index (χ2v) is 4.65. The second kappa shape index (κ2) is 2.92. The summed E-state index contributed by atoms with van der Waals surface area (Å²) in [4.78, 5) is 0. The van der Waals surface area contributed by atoms with E-state index in [1.807, 2.05) is 0 Å². The van der Waals surface area contributed by atoms with Gasteiger partial charge in [0.1, 0.15) is 0 Å². The van der Waals surface area contributed by atoms with E-state index in [9.17, 15) is 0 Å². The highest BCUT2D eigenvalue weighted by Crippen LogP contribution is 2.23. The van der Waals surface area contributed by atoms with Crippen molar-refractivity contribution in [2.75, 3.05) is 0 Å². The molecule has 0 saturated heterocycles. The number of aromatic nitrogens is 2. The molecule has 2 nitrogen and oxygen atoms in total. The molecule has 0 aliphatic rings. The number of rotatable bonds is 1. The molecule has 0 aliphatic carbocycles. The third kappa shape index (κ3) is 2.10. The van der Waals surface area contributed by atoms with Gasteiger partial charge in [0, 0.05) is 5.69 Å². The van der Waals surface area contributed by atoms with Gasteiger partial charge in [-0.25, -0.2) is 0 Å². The molecule has 1 aromatic heterocycles. The van der Waals surface area contributed by atoms with Gasteiger partial charge in [-0.2, -0.15) is 5.10 Å². The first-order chi connectivity index (χ1) is 5.40. The molecule has 1 rings (SSSR count). The zero-order valence-electron chi connectivity index (χ0n) is 8.65. The molecule has 0 unspecified atom stereocenters. The molecule has 1 aromatic rings. The van der Waals surface area contributed by atoms with Crippen molar-refractivity contribution in [3.63, 3.8) is 0 Å². The molecule has 0 spiro atoms. The summed E-state index contributed by atoms with van der Waals surface area (Å²) < 4.78 is 0. The highest BCUT2D eigenvalue weighted by Gasteiger charge is 2.15. The maximum absolute atomic E-state index is 4.18. The first-order valence-electron chi connectivity index (χ1n) is 4.40. The number of hydrogen-bond donors (Lipinski definition) is 1. The first-order valence-corrected chi connectivity index (χ1v) is 4.40. The van der Waals surface area contributed by atoms with E-state index in [2.05, 4.69) is 44.8 Å². The minimum absolute atomic E-state index is 0.347. The summed E-state index contributed by atoms with van der Waals surface area (Å²) in [6.07, 6.45) is 1.10. The van der Waals surface area contributed by atoms with E-state index in [0.717, 1.165) is 12.1 Å². The Kier molecular flexibility index (Phi) is 2.27. The van der Waals surface area contributed by atoms with Crippen LogP contribution < -0.4 is 0 Å². The molecule has 1 heterocycles. The Morgan fingerprint density at radius 2 is 1.83 bits per heavy atom. The Morgan fingerprint density at radius 1 is 1.25 bits per heavy atom. The number of nitrogens with zero attached hydrogens (tertiary/aromatic N) is 1. The largest absolute Gasteiger partial charge is 0.282 e. The number of H-pyrrole nitrogens is 1. The number of aryl methyl sites for hydroxylation is 2. The van der Waals surface area contributed by atoms with Crippen LogP contribution in [0.5, 0.6) is 0 Å². The fourth-order valence-electron chi connectivity index (χ4n) is 1.36. The maximum atomic E-state index is 4.18. The molecule has 0 aromatic carbocycles. The van der Waals surface area contributed by atoms with Crippen LogP contribution in [0.15, 0.2) is 0 Å². The van der Waals surface area contributed by atoms with E-state index in [1.54, 1.807) is 0 Å². The Hall–Kier alpha value is -0.790. The smallest absolute Gasteiger partial charge is 0.0626 e. The van der Waals surface area contributed by atoms with Crippen molar-refractivity contribution in [3.8, 4) is 0 Å². The summed E-state index contributed by atoms with van der Waals surface area (Å²) in [6, 6.07) is 0. The molecule has 2 heteroatoms. The zero-order valence-corrected chi connectivity index (χ0v) is 8.65. The van der Waals surface area contributed by atoms with Crippen LogP contribution in [0.25, 0.3) is 0 Å². The van der Waals surface area contributed by atoms with Gasteiger partial charge in [0.05, 0.1) is 5.69 Å². The predicted octanol–water partition coefficient (Wildman–Crippen LogP) is 2.62. The van der Waals surface area contributed by atoms with E-state index in [0.29, 0.717) is 5.41 Å². The molecule has 0 amide bonds. The standard InChI is InChI=1S/C10H18N2/c1-7-9(6-10(3,4)5)8(2)12-11-7/h6H2,1-5H3,(H,11,12). The molecule has 0 radical (unpaired) electrons. The average Bonchev–Trinajstić information content (AvgIpc) is 2.16. The molecule has 0 fully saturated rings. The van der Waals surface area contributed by atoms with Crippen LogP contribution in [0, 0.1) is 19.3 Å². The van der Waals surface area contributed by atoms with Gasteiger partial charge in [-0.1, -0.05) is 20.8 Å². The van der Waals surface area contributed by atoms with Crippen molar-refractivity contribution in [3.05, 3.63) is 17.0 Å². The van der Waals surface area contributed by atoms with Gasteiger partial charge in [-0.15, -0.1) is 0 Å². The lowest BCUT2D eigenvalue weighted by Gasteiger charge is -2.17. The quantitative estimate of drug-likeness (QED) is 0.682. The summed E-state index contributed by atoms with van der Waals surface area (Å²) >= 11 is 0. The van der Waals surface area contributed by atoms with E-state index < -0.39 is 0 Å². The summed E-state index contributed by atoms with van der Waals surface area (Å²) in [7, 11) is 0. The Morgan fingerprint density at radius 3 is 2.17 bits per heavy atom. The topological polar surface area (TPSA) is 28.7 Å². The second-order valence-electron chi connectivity index (χ2n) is 4.65. The van der Waals surface area contributed by atoms with E-state index >= 15 is 0 Å². The minimum atomic E-state index is 0.347. The van der Waals surface area contributed by atoms with Gasteiger partial charge in [-0.05, 0) is 31.2 Å². The van der Waals surface area contributed by atoms with Gasteiger partial charge in [0.2, 0.25) is 0 Å². The van der Waals surface area contributed by atoms with Crippen LogP contribution in [0.2, 0.25) is 0 Å². The Labute approximate surface area is 74.4 Å². The zero-order chi connectivity index (χ0) is 9.35. The highest BCUT2D eigenvalue weighted by molar-refractivity contribution is 5.24. The lowest BCUT2D eigenvalue weighted by Crippen LogP contribution is -2.10. The van der Waals surface area contributed by atoms with Gasteiger partial charge >= 0.3 is 0 Å². The minimum Gasteiger partial charge on any atom is -0.282 e. The molecule has 0 bridgehead atoms. The Balaban J connectivity index is 2.88. The molecular weight excluding hydrogens is 148 g/mol. The summed E-state index contributed by atoms with van der Waals surface area (Å²) in [5, 5.41) is 7.18. The van der Waals surface area contributed by atoms with Crippen LogP contribution in [-0.2, 0) is 6.42 Å². The lowest BCUT2D eigenvalue weighted by molar-refractivity contribution is 0.409. The number of hydrogen-bond acceptors (Lipinski definition) is 1. The molecule has 1 N–H and O–H groups in total. The molecular formula is C10H18N2. The van der Waals surface area contributed by atoms with E-state index in [-0.39, 0.29) is 0 Å². The van der Waals surface area contributed by atoms with Gasteiger partial charge in [-0.3, -0.25) is 5.10 Å². The van der Waals surface area contributed by atoms with Crippen molar-refractivity contribution in [1.29, 1.82) is 0 Å². The van der Waals surface area contributed by atoms with Crippen LogP contribution in [0.1, 0.15) is 37.7 Å². The van der Waals surface area contributed by atoms with Crippen molar-refractivity contribution in [2.24, 2.45) is 5.41 Å². The molecule has 12 heavy (non-hydrogen) atoms. The van der Waals surface area contributed by atoms with Crippen molar-refractivity contribution >= 4 is 0 Å². The van der Waals surface area contributed by atoms with Crippen LogP contribution in [0.3, 0.4) is 0 Å². The molecule has 0 aliphatic heterocycles. The summed E-state index contributed by atoms with van der Waals surface area (Å²) in [5.74, 6) is 0. The molecule has 68 valence electrons. The predicted molar refractivity (Wildman–Crippen MR) is 51.2 cm³/mol. The molecule has 0 atom stereocenters. The molecule has 0 saturated carbocycles. The van der Waals surface area contributed by atoms with E-state index in [1.165, 1.54) is 11.3 Å². The van der Waals surface area contributed by atoms with Crippen LogP contribution in [0.4, 0.5) is 0 Å². The maximum Gasteiger partial charge on any atom is 0.0626 e. The van der Waals surface area contributed by atoms with Crippen molar-refractivity contribution in [2.45, 2.75) is 41.0 Å².